The van der Waals surface area contributed by atoms with Crippen LogP contribution in [0.4, 0.5) is 4.39 Å². The van der Waals surface area contributed by atoms with Gasteiger partial charge in [0.05, 0.1) is 24.2 Å². The van der Waals surface area contributed by atoms with Gasteiger partial charge < -0.3 is 20.0 Å². The molecule has 5 nitrogen and oxygen atoms in total. The van der Waals surface area contributed by atoms with Crippen molar-refractivity contribution in [3.63, 3.8) is 0 Å². The fourth-order valence-electron chi connectivity index (χ4n) is 4.61. The van der Waals surface area contributed by atoms with E-state index in [1.807, 2.05) is 19.1 Å². The maximum atomic E-state index is 13.8. The van der Waals surface area contributed by atoms with Crippen LogP contribution in [0.2, 0.25) is 5.02 Å². The van der Waals surface area contributed by atoms with Gasteiger partial charge in [0.15, 0.2) is 0 Å². The summed E-state index contributed by atoms with van der Waals surface area (Å²) in [5.74, 6) is -0.411. The Hall–Kier alpha value is -2.73. The van der Waals surface area contributed by atoms with E-state index in [0.717, 1.165) is 30.5 Å². The molecule has 2 fully saturated rings. The number of hydrogen-bond acceptors (Lipinski definition) is 4. The molecule has 0 bridgehead atoms. The van der Waals surface area contributed by atoms with Crippen molar-refractivity contribution in [2.45, 2.75) is 38.4 Å². The van der Waals surface area contributed by atoms with E-state index in [0.29, 0.717) is 16.8 Å². The highest BCUT2D eigenvalue weighted by Gasteiger charge is 2.41. The Labute approximate surface area is 186 Å². The summed E-state index contributed by atoms with van der Waals surface area (Å²) in [6.45, 7) is 8.67. The van der Waals surface area contributed by atoms with Gasteiger partial charge in [-0.3, -0.25) is 4.79 Å². The second-order valence-electron chi connectivity index (χ2n) is 8.76. The van der Waals surface area contributed by atoms with Crippen LogP contribution in [0, 0.1) is 6.92 Å². The van der Waals surface area contributed by atoms with E-state index in [4.69, 9.17) is 11.6 Å². The molecule has 0 radical (unpaired) electrons. The summed E-state index contributed by atoms with van der Waals surface area (Å²) in [7, 11) is 0. The van der Waals surface area contributed by atoms with Gasteiger partial charge in [0, 0.05) is 29.4 Å². The number of carbonyl (C=O) groups excluding carboxylic acids is 1. The van der Waals surface area contributed by atoms with Crippen LogP contribution >= 0.6 is 11.6 Å². The molecule has 7 heteroatoms. The third kappa shape index (κ3) is 3.97. The minimum atomic E-state index is -1.29. The Bertz CT molecular complexity index is 1060. The van der Waals surface area contributed by atoms with Gasteiger partial charge in [0.25, 0.3) is 5.91 Å². The van der Waals surface area contributed by atoms with Gasteiger partial charge in [-0.1, -0.05) is 24.2 Å². The maximum absolute atomic E-state index is 13.8. The summed E-state index contributed by atoms with van der Waals surface area (Å²) in [5.41, 5.74) is 2.43. The first kappa shape index (κ1) is 21.5. The first-order valence-electron chi connectivity index (χ1n) is 10.3. The number of likely N-dealkylation sites (tertiary alicyclic amines) is 2. The first-order chi connectivity index (χ1) is 14.6. The standard InChI is InChI=1S/C24H26ClFN2O3/c1-14-9-16(23(31)27-12-24(3,26)13-27)6-7-17(14)20-5-4-8-28(20)15(2)18-10-19(25)22(30)11-21(18)29/h6-7,9-11,20,29-30H,2,4-5,8,12-13H2,1,3H3. The molecule has 2 heterocycles. The molecule has 1 atom stereocenters. The van der Waals surface area contributed by atoms with Crippen LogP contribution in [-0.2, 0) is 0 Å². The molecular weight excluding hydrogens is 419 g/mol. The van der Waals surface area contributed by atoms with Crippen LogP contribution in [0.1, 0.15) is 52.9 Å². The number of halogens is 2. The average Bonchev–Trinajstić information content (AvgIpc) is 3.17. The topological polar surface area (TPSA) is 64.0 Å². The maximum Gasteiger partial charge on any atom is 0.254 e. The fraction of sp³-hybridized carbons (Fsp3) is 0.375. The Morgan fingerprint density at radius 2 is 1.94 bits per heavy atom. The number of phenols is 2. The molecule has 2 aromatic rings. The van der Waals surface area contributed by atoms with E-state index in [1.165, 1.54) is 24.0 Å². The van der Waals surface area contributed by atoms with Gasteiger partial charge in [0.1, 0.15) is 17.2 Å². The van der Waals surface area contributed by atoms with Crippen molar-refractivity contribution in [2.24, 2.45) is 0 Å². The number of rotatable bonds is 4. The van der Waals surface area contributed by atoms with Crippen LogP contribution in [-0.4, -0.2) is 51.2 Å². The normalized spacial score (nSPS) is 19.9. The zero-order chi connectivity index (χ0) is 22.5. The van der Waals surface area contributed by atoms with Crippen molar-refractivity contribution >= 4 is 23.2 Å². The molecule has 2 saturated heterocycles. The number of carbonyl (C=O) groups is 1. The number of alkyl halides is 1. The Kier molecular flexibility index (Phi) is 5.38. The highest BCUT2D eigenvalue weighted by Crippen LogP contribution is 2.42. The van der Waals surface area contributed by atoms with Crippen molar-refractivity contribution in [3.05, 3.63) is 64.2 Å². The number of phenolic OH excluding ortho intramolecular Hbond substituents is 2. The van der Waals surface area contributed by atoms with Crippen molar-refractivity contribution in [1.29, 1.82) is 0 Å². The van der Waals surface area contributed by atoms with Gasteiger partial charge in [-0.05, 0) is 56.0 Å². The molecule has 2 N–H and O–H groups in total. The molecule has 2 aliphatic heterocycles. The zero-order valence-electron chi connectivity index (χ0n) is 17.7. The molecule has 2 aliphatic rings. The minimum Gasteiger partial charge on any atom is -0.507 e. The third-order valence-corrected chi connectivity index (χ3v) is 6.48. The van der Waals surface area contributed by atoms with Crippen LogP contribution in [0.15, 0.2) is 36.9 Å². The lowest BCUT2D eigenvalue weighted by molar-refractivity contribution is -0.00786. The van der Waals surface area contributed by atoms with Gasteiger partial charge in [-0.15, -0.1) is 0 Å². The Morgan fingerprint density at radius 3 is 2.58 bits per heavy atom. The molecule has 0 aliphatic carbocycles. The molecule has 31 heavy (non-hydrogen) atoms. The van der Waals surface area contributed by atoms with Gasteiger partial charge in [-0.2, -0.15) is 0 Å². The predicted molar refractivity (Wildman–Crippen MR) is 119 cm³/mol. The third-order valence-electron chi connectivity index (χ3n) is 6.18. The van der Waals surface area contributed by atoms with E-state index in [-0.39, 0.29) is 41.6 Å². The molecule has 0 spiro atoms. The number of nitrogens with zero attached hydrogens (tertiary/aromatic N) is 2. The largest absolute Gasteiger partial charge is 0.507 e. The quantitative estimate of drug-likeness (QED) is 0.692. The summed E-state index contributed by atoms with van der Waals surface area (Å²) in [5, 5.41) is 20.2. The van der Waals surface area contributed by atoms with Gasteiger partial charge >= 0.3 is 0 Å². The second-order valence-corrected chi connectivity index (χ2v) is 9.17. The highest BCUT2D eigenvalue weighted by molar-refractivity contribution is 6.32. The van der Waals surface area contributed by atoms with Crippen LogP contribution in [0.5, 0.6) is 11.5 Å². The number of benzene rings is 2. The average molecular weight is 445 g/mol. The number of amides is 1. The van der Waals surface area contributed by atoms with E-state index < -0.39 is 5.67 Å². The molecular formula is C24H26ClFN2O3. The lowest BCUT2D eigenvalue weighted by atomic mass is 9.94. The summed E-state index contributed by atoms with van der Waals surface area (Å²) >= 11 is 6.04. The smallest absolute Gasteiger partial charge is 0.254 e. The Morgan fingerprint density at radius 1 is 1.23 bits per heavy atom. The zero-order valence-corrected chi connectivity index (χ0v) is 18.4. The fourth-order valence-corrected chi connectivity index (χ4v) is 4.77. The summed E-state index contributed by atoms with van der Waals surface area (Å²) in [6, 6.07) is 8.40. The molecule has 0 saturated carbocycles. The van der Waals surface area contributed by atoms with E-state index >= 15 is 0 Å². The van der Waals surface area contributed by atoms with Crippen molar-refractivity contribution in [1.82, 2.24) is 9.80 Å². The summed E-state index contributed by atoms with van der Waals surface area (Å²) < 4.78 is 13.8. The molecule has 2 aromatic carbocycles. The van der Waals surface area contributed by atoms with E-state index in [2.05, 4.69) is 11.5 Å². The lowest BCUT2D eigenvalue weighted by Crippen LogP contribution is -2.59. The summed E-state index contributed by atoms with van der Waals surface area (Å²) in [4.78, 5) is 16.3. The predicted octanol–water partition coefficient (Wildman–Crippen LogP) is 5.05. The summed E-state index contributed by atoms with van der Waals surface area (Å²) in [6.07, 6.45) is 1.87. The van der Waals surface area contributed by atoms with Gasteiger partial charge in [0.2, 0.25) is 0 Å². The van der Waals surface area contributed by atoms with Crippen molar-refractivity contribution < 1.29 is 19.4 Å². The second kappa shape index (κ2) is 7.75. The number of hydrogen-bond donors (Lipinski definition) is 2. The van der Waals surface area contributed by atoms with Crippen LogP contribution in [0.3, 0.4) is 0 Å². The number of aromatic hydroxyl groups is 2. The SMILES string of the molecule is C=C(c1cc(Cl)c(O)cc1O)N1CCCC1c1ccc(C(=O)N2CC(C)(F)C2)cc1C. The van der Waals surface area contributed by atoms with Crippen molar-refractivity contribution in [3.8, 4) is 11.5 Å². The minimum absolute atomic E-state index is 0.0433. The number of aryl methyl sites for hydroxylation is 1. The molecule has 0 aromatic heterocycles. The monoisotopic (exact) mass is 444 g/mol. The molecule has 164 valence electrons. The molecule has 1 unspecified atom stereocenters. The van der Waals surface area contributed by atoms with Crippen LogP contribution in [0.25, 0.3) is 5.70 Å². The first-order valence-corrected chi connectivity index (χ1v) is 10.7. The molecule has 4 rings (SSSR count). The van der Waals surface area contributed by atoms with Crippen molar-refractivity contribution in [2.75, 3.05) is 19.6 Å². The van der Waals surface area contributed by atoms with Crippen LogP contribution < -0.4 is 0 Å². The van der Waals surface area contributed by atoms with E-state index in [1.54, 1.807) is 6.07 Å². The lowest BCUT2D eigenvalue weighted by Gasteiger charge is -2.42. The van der Waals surface area contributed by atoms with Gasteiger partial charge in [-0.25, -0.2) is 4.39 Å². The highest BCUT2D eigenvalue weighted by atomic mass is 35.5. The Balaban J connectivity index is 1.57. The molecule has 1 amide bonds. The van der Waals surface area contributed by atoms with E-state index in [9.17, 15) is 19.4 Å².